The van der Waals surface area contributed by atoms with Crippen LogP contribution < -0.4 is 0 Å². The highest BCUT2D eigenvalue weighted by Gasteiger charge is 2.14. The standard InChI is InChI=1S/C41H29N3S/c1-26-16-20-28(21-17-26)39-42-40(29-22-18-27(2)19-23-29)44-41(43-39)33-11-6-9-31(25-33)30-8-5-10-32(24-30)34-13-7-15-37-38(34)35-12-3-4-14-36(35)45-37/h3-25H,1-2H3. The van der Waals surface area contributed by atoms with E-state index in [2.05, 4.69) is 153 Å². The summed E-state index contributed by atoms with van der Waals surface area (Å²) in [6.07, 6.45) is 0. The molecule has 8 rings (SSSR count). The van der Waals surface area contributed by atoms with E-state index in [-0.39, 0.29) is 0 Å². The molecule has 8 aromatic rings. The quantitative estimate of drug-likeness (QED) is 0.199. The van der Waals surface area contributed by atoms with Crippen molar-refractivity contribution in [3.8, 4) is 56.4 Å². The fourth-order valence-electron chi connectivity index (χ4n) is 5.89. The van der Waals surface area contributed by atoms with Crippen LogP contribution in [-0.4, -0.2) is 15.0 Å². The molecule has 0 spiro atoms. The van der Waals surface area contributed by atoms with Crippen LogP contribution >= 0.6 is 11.3 Å². The van der Waals surface area contributed by atoms with Gasteiger partial charge in [0.15, 0.2) is 17.5 Å². The van der Waals surface area contributed by atoms with Gasteiger partial charge < -0.3 is 0 Å². The molecule has 45 heavy (non-hydrogen) atoms. The van der Waals surface area contributed by atoms with Crippen LogP contribution in [0.15, 0.2) is 140 Å². The van der Waals surface area contributed by atoms with Crippen molar-refractivity contribution >= 4 is 31.5 Å². The lowest BCUT2D eigenvalue weighted by Gasteiger charge is -2.11. The van der Waals surface area contributed by atoms with Crippen LogP contribution in [0.25, 0.3) is 76.6 Å². The third-order valence-corrected chi connectivity index (χ3v) is 9.42. The number of hydrogen-bond acceptors (Lipinski definition) is 4. The van der Waals surface area contributed by atoms with Gasteiger partial charge in [0.05, 0.1) is 0 Å². The van der Waals surface area contributed by atoms with Crippen molar-refractivity contribution in [3.63, 3.8) is 0 Å². The molecule has 0 aliphatic heterocycles. The summed E-state index contributed by atoms with van der Waals surface area (Å²) < 4.78 is 2.63. The minimum Gasteiger partial charge on any atom is -0.208 e. The third-order valence-electron chi connectivity index (χ3n) is 8.29. The second-order valence-electron chi connectivity index (χ2n) is 11.5. The number of fused-ring (bicyclic) bond motifs is 3. The summed E-state index contributed by atoms with van der Waals surface area (Å²) in [6.45, 7) is 4.17. The minimum absolute atomic E-state index is 0.656. The Labute approximate surface area is 266 Å². The molecule has 2 aromatic heterocycles. The van der Waals surface area contributed by atoms with Crippen molar-refractivity contribution in [1.82, 2.24) is 15.0 Å². The molecule has 0 bridgehead atoms. The van der Waals surface area contributed by atoms with Crippen molar-refractivity contribution in [1.29, 1.82) is 0 Å². The lowest BCUT2D eigenvalue weighted by Crippen LogP contribution is -2.00. The first-order valence-electron chi connectivity index (χ1n) is 15.1. The van der Waals surface area contributed by atoms with E-state index in [9.17, 15) is 0 Å². The number of aromatic nitrogens is 3. The van der Waals surface area contributed by atoms with E-state index < -0.39 is 0 Å². The van der Waals surface area contributed by atoms with Crippen LogP contribution in [0, 0.1) is 13.8 Å². The van der Waals surface area contributed by atoms with Gasteiger partial charge >= 0.3 is 0 Å². The zero-order valence-corrected chi connectivity index (χ0v) is 25.8. The lowest BCUT2D eigenvalue weighted by atomic mass is 9.95. The summed E-state index contributed by atoms with van der Waals surface area (Å²) in [5.74, 6) is 1.99. The number of benzene rings is 6. The van der Waals surface area contributed by atoms with Crippen LogP contribution in [-0.2, 0) is 0 Å². The molecule has 3 nitrogen and oxygen atoms in total. The Balaban J connectivity index is 1.23. The molecule has 6 aromatic carbocycles. The number of thiophene rings is 1. The van der Waals surface area contributed by atoms with Crippen LogP contribution in [0.3, 0.4) is 0 Å². The lowest BCUT2D eigenvalue weighted by molar-refractivity contribution is 1.07. The highest BCUT2D eigenvalue weighted by Crippen LogP contribution is 2.40. The van der Waals surface area contributed by atoms with E-state index in [1.807, 2.05) is 11.3 Å². The van der Waals surface area contributed by atoms with Crippen LogP contribution in [0.1, 0.15) is 11.1 Å². The second-order valence-corrected chi connectivity index (χ2v) is 12.6. The number of nitrogens with zero attached hydrogens (tertiary/aromatic N) is 3. The van der Waals surface area contributed by atoms with Crippen LogP contribution in [0.4, 0.5) is 0 Å². The van der Waals surface area contributed by atoms with Gasteiger partial charge in [-0.2, -0.15) is 0 Å². The van der Waals surface area contributed by atoms with Gasteiger partial charge in [-0.05, 0) is 60.4 Å². The van der Waals surface area contributed by atoms with E-state index in [4.69, 9.17) is 15.0 Å². The Morgan fingerprint density at radius 2 is 0.889 bits per heavy atom. The highest BCUT2D eigenvalue weighted by atomic mass is 32.1. The van der Waals surface area contributed by atoms with Crippen molar-refractivity contribution in [2.45, 2.75) is 13.8 Å². The van der Waals surface area contributed by atoms with Gasteiger partial charge in [-0.1, -0.05) is 126 Å². The zero-order chi connectivity index (χ0) is 30.3. The Hall–Kier alpha value is -5.45. The Morgan fingerprint density at radius 1 is 0.400 bits per heavy atom. The molecule has 0 unspecified atom stereocenters. The number of rotatable bonds is 5. The van der Waals surface area contributed by atoms with E-state index >= 15 is 0 Å². The monoisotopic (exact) mass is 595 g/mol. The smallest absolute Gasteiger partial charge is 0.164 e. The summed E-state index contributed by atoms with van der Waals surface area (Å²) in [4.78, 5) is 14.9. The maximum atomic E-state index is 4.98. The molecule has 2 heterocycles. The maximum Gasteiger partial charge on any atom is 0.164 e. The zero-order valence-electron chi connectivity index (χ0n) is 25.0. The van der Waals surface area contributed by atoms with Crippen molar-refractivity contribution in [3.05, 3.63) is 151 Å². The average Bonchev–Trinajstić information content (AvgIpc) is 3.48. The molecule has 0 N–H and O–H groups in total. The van der Waals surface area contributed by atoms with Crippen molar-refractivity contribution < 1.29 is 0 Å². The van der Waals surface area contributed by atoms with Gasteiger partial charge in [0.25, 0.3) is 0 Å². The van der Waals surface area contributed by atoms with Gasteiger partial charge in [0.1, 0.15) is 0 Å². The summed E-state index contributed by atoms with van der Waals surface area (Å²) in [7, 11) is 0. The predicted octanol–water partition coefficient (Wildman–Crippen LogP) is 11.2. The second kappa shape index (κ2) is 11.2. The molecule has 0 aliphatic carbocycles. The molecule has 0 radical (unpaired) electrons. The maximum absolute atomic E-state index is 4.98. The first-order valence-corrected chi connectivity index (χ1v) is 15.9. The van der Waals surface area contributed by atoms with Gasteiger partial charge in [-0.3, -0.25) is 0 Å². The minimum atomic E-state index is 0.656. The molecule has 0 atom stereocenters. The fraction of sp³-hybridized carbons (Fsp3) is 0.0488. The molecular weight excluding hydrogens is 567 g/mol. The van der Waals surface area contributed by atoms with Crippen molar-refractivity contribution in [2.24, 2.45) is 0 Å². The summed E-state index contributed by atoms with van der Waals surface area (Å²) in [5, 5.41) is 2.63. The molecule has 0 fully saturated rings. The fourth-order valence-corrected chi connectivity index (χ4v) is 7.02. The first kappa shape index (κ1) is 27.1. The topological polar surface area (TPSA) is 38.7 Å². The van der Waals surface area contributed by atoms with Crippen LogP contribution in [0.2, 0.25) is 0 Å². The molecule has 0 amide bonds. The van der Waals surface area contributed by atoms with Crippen molar-refractivity contribution in [2.75, 3.05) is 0 Å². The first-order chi connectivity index (χ1) is 22.1. The molecule has 0 saturated heterocycles. The third kappa shape index (κ3) is 5.20. The molecule has 0 aliphatic rings. The predicted molar refractivity (Wildman–Crippen MR) is 189 cm³/mol. The van der Waals surface area contributed by atoms with E-state index in [0.717, 1.165) is 27.8 Å². The Bertz CT molecular complexity index is 2270. The van der Waals surface area contributed by atoms with E-state index in [1.54, 1.807) is 0 Å². The molecule has 0 saturated carbocycles. The Kier molecular flexibility index (Phi) is 6.77. The Morgan fingerprint density at radius 3 is 1.53 bits per heavy atom. The average molecular weight is 596 g/mol. The molecule has 4 heteroatoms. The number of aryl methyl sites for hydroxylation is 2. The highest BCUT2D eigenvalue weighted by molar-refractivity contribution is 7.25. The van der Waals surface area contributed by atoms with Gasteiger partial charge in [-0.25, -0.2) is 15.0 Å². The van der Waals surface area contributed by atoms with Gasteiger partial charge in [0.2, 0.25) is 0 Å². The van der Waals surface area contributed by atoms with E-state index in [1.165, 1.54) is 42.4 Å². The normalized spacial score (nSPS) is 11.3. The SMILES string of the molecule is Cc1ccc(-c2nc(-c3ccc(C)cc3)nc(-c3cccc(-c4cccc(-c5cccc6sc7ccccc7c56)c4)c3)n2)cc1. The van der Waals surface area contributed by atoms with Crippen LogP contribution in [0.5, 0.6) is 0 Å². The summed E-state index contributed by atoms with van der Waals surface area (Å²) in [6, 6.07) is 49.3. The van der Waals surface area contributed by atoms with E-state index in [0.29, 0.717) is 17.5 Å². The summed E-state index contributed by atoms with van der Waals surface area (Å²) >= 11 is 1.85. The largest absolute Gasteiger partial charge is 0.208 e. The van der Waals surface area contributed by atoms with Gasteiger partial charge in [0, 0.05) is 36.9 Å². The van der Waals surface area contributed by atoms with Gasteiger partial charge in [-0.15, -0.1) is 11.3 Å². The number of hydrogen-bond donors (Lipinski definition) is 0. The molecule has 214 valence electrons. The molecular formula is C41H29N3S. The summed E-state index contributed by atoms with van der Waals surface area (Å²) in [5.41, 5.74) is 10.0.